The lowest BCUT2D eigenvalue weighted by Crippen LogP contribution is -2.01. The van der Waals surface area contributed by atoms with Crippen LogP contribution in [0.3, 0.4) is 0 Å². The van der Waals surface area contributed by atoms with Gasteiger partial charge in [0, 0.05) is 5.02 Å². The first-order valence-electron chi connectivity index (χ1n) is 4.63. The van der Waals surface area contributed by atoms with E-state index >= 15 is 0 Å². The van der Waals surface area contributed by atoms with Crippen molar-refractivity contribution in [1.29, 1.82) is 0 Å². The Labute approximate surface area is 83.3 Å². The largest absolute Gasteiger partial charge is 0.388 e. The number of benzene rings is 1. The molecule has 0 aliphatic heterocycles. The zero-order valence-electron chi connectivity index (χ0n) is 7.63. The summed E-state index contributed by atoms with van der Waals surface area (Å²) in [7, 11) is 0. The van der Waals surface area contributed by atoms with Gasteiger partial charge in [0.1, 0.15) is 0 Å². The molecule has 0 spiro atoms. The topological polar surface area (TPSA) is 20.2 Å². The molecular formula is C11H13ClO. The van der Waals surface area contributed by atoms with E-state index in [0.29, 0.717) is 5.92 Å². The summed E-state index contributed by atoms with van der Waals surface area (Å²) in [6.45, 7) is 1.96. The maximum absolute atomic E-state index is 9.91. The fourth-order valence-corrected chi connectivity index (χ4v) is 1.79. The van der Waals surface area contributed by atoms with E-state index in [1.807, 2.05) is 25.1 Å². The van der Waals surface area contributed by atoms with E-state index in [2.05, 4.69) is 0 Å². The highest BCUT2D eigenvalue weighted by molar-refractivity contribution is 6.31. The second-order valence-electron chi connectivity index (χ2n) is 3.74. The van der Waals surface area contributed by atoms with Gasteiger partial charge in [0.25, 0.3) is 0 Å². The van der Waals surface area contributed by atoms with E-state index in [4.69, 9.17) is 11.6 Å². The van der Waals surface area contributed by atoms with Crippen LogP contribution in [-0.2, 0) is 0 Å². The smallest absolute Gasteiger partial charge is 0.0821 e. The lowest BCUT2D eigenvalue weighted by atomic mass is 10.0. The van der Waals surface area contributed by atoms with E-state index in [0.717, 1.165) is 29.0 Å². The molecule has 1 unspecified atom stereocenters. The summed E-state index contributed by atoms with van der Waals surface area (Å²) >= 11 is 5.97. The molecule has 0 amide bonds. The summed E-state index contributed by atoms with van der Waals surface area (Å²) in [5.74, 6) is 0.470. The Morgan fingerprint density at radius 3 is 2.77 bits per heavy atom. The Bertz CT molecular complexity index is 318. The number of hydrogen-bond acceptors (Lipinski definition) is 1. The van der Waals surface area contributed by atoms with Crippen LogP contribution in [0.15, 0.2) is 18.2 Å². The third-order valence-electron chi connectivity index (χ3n) is 2.70. The summed E-state index contributed by atoms with van der Waals surface area (Å²) in [4.78, 5) is 0. The van der Waals surface area contributed by atoms with Crippen LogP contribution in [0.2, 0.25) is 5.02 Å². The molecule has 0 heterocycles. The minimum Gasteiger partial charge on any atom is -0.388 e. The molecule has 2 rings (SSSR count). The van der Waals surface area contributed by atoms with E-state index in [1.165, 1.54) is 0 Å². The summed E-state index contributed by atoms with van der Waals surface area (Å²) in [6, 6.07) is 5.72. The van der Waals surface area contributed by atoms with Crippen molar-refractivity contribution in [2.45, 2.75) is 25.9 Å². The van der Waals surface area contributed by atoms with Crippen molar-refractivity contribution in [3.8, 4) is 0 Å². The second-order valence-corrected chi connectivity index (χ2v) is 4.14. The molecule has 0 radical (unpaired) electrons. The van der Waals surface area contributed by atoms with E-state index in [9.17, 15) is 5.11 Å². The van der Waals surface area contributed by atoms with Gasteiger partial charge in [0.2, 0.25) is 0 Å². The molecule has 1 atom stereocenters. The molecule has 0 bridgehead atoms. The van der Waals surface area contributed by atoms with Crippen molar-refractivity contribution >= 4 is 11.6 Å². The van der Waals surface area contributed by atoms with Gasteiger partial charge in [-0.2, -0.15) is 0 Å². The molecule has 1 aliphatic rings. The molecule has 2 heteroatoms. The van der Waals surface area contributed by atoms with E-state index in [-0.39, 0.29) is 6.10 Å². The normalized spacial score (nSPS) is 18.7. The average molecular weight is 197 g/mol. The molecule has 1 nitrogen and oxygen atoms in total. The van der Waals surface area contributed by atoms with Crippen LogP contribution in [0.5, 0.6) is 0 Å². The van der Waals surface area contributed by atoms with E-state index < -0.39 is 0 Å². The van der Waals surface area contributed by atoms with Crippen LogP contribution in [0.25, 0.3) is 0 Å². The highest BCUT2D eigenvalue weighted by Crippen LogP contribution is 2.42. The van der Waals surface area contributed by atoms with Crippen LogP contribution < -0.4 is 0 Å². The lowest BCUT2D eigenvalue weighted by molar-refractivity contribution is 0.153. The third kappa shape index (κ3) is 1.72. The molecule has 1 aromatic rings. The molecule has 70 valence electrons. The summed E-state index contributed by atoms with van der Waals surface area (Å²) in [6.07, 6.45) is 1.99. The van der Waals surface area contributed by atoms with Crippen molar-refractivity contribution < 1.29 is 5.11 Å². The molecule has 1 saturated carbocycles. The van der Waals surface area contributed by atoms with Gasteiger partial charge in [-0.3, -0.25) is 0 Å². The highest BCUT2D eigenvalue weighted by Gasteiger charge is 2.31. The van der Waals surface area contributed by atoms with Gasteiger partial charge in [-0.05, 0) is 42.9 Å². The maximum Gasteiger partial charge on any atom is 0.0821 e. The van der Waals surface area contributed by atoms with Crippen molar-refractivity contribution in [2.75, 3.05) is 0 Å². The Morgan fingerprint density at radius 1 is 1.46 bits per heavy atom. The SMILES string of the molecule is Cc1c(Cl)cccc1C(O)C1CC1. The van der Waals surface area contributed by atoms with Crippen LogP contribution >= 0.6 is 11.6 Å². The Kier molecular flexibility index (Phi) is 2.31. The Balaban J connectivity index is 2.32. The van der Waals surface area contributed by atoms with Crippen molar-refractivity contribution in [1.82, 2.24) is 0 Å². The monoisotopic (exact) mass is 196 g/mol. The molecule has 0 saturated heterocycles. The molecule has 1 aromatic carbocycles. The number of aliphatic hydroxyl groups excluding tert-OH is 1. The number of aliphatic hydroxyl groups is 1. The van der Waals surface area contributed by atoms with Crippen LogP contribution in [-0.4, -0.2) is 5.11 Å². The lowest BCUT2D eigenvalue weighted by Gasteiger charge is -2.13. The molecule has 1 aliphatic carbocycles. The zero-order chi connectivity index (χ0) is 9.42. The van der Waals surface area contributed by atoms with E-state index in [1.54, 1.807) is 0 Å². The summed E-state index contributed by atoms with van der Waals surface area (Å²) in [5, 5.41) is 10.7. The molecular weight excluding hydrogens is 184 g/mol. The first kappa shape index (κ1) is 9.04. The van der Waals surface area contributed by atoms with Gasteiger partial charge < -0.3 is 5.11 Å². The van der Waals surface area contributed by atoms with Gasteiger partial charge in [-0.1, -0.05) is 23.7 Å². The fraction of sp³-hybridized carbons (Fsp3) is 0.455. The van der Waals surface area contributed by atoms with Gasteiger partial charge in [-0.25, -0.2) is 0 Å². The first-order valence-corrected chi connectivity index (χ1v) is 5.01. The molecule has 1 N–H and O–H groups in total. The second kappa shape index (κ2) is 3.32. The number of halogens is 1. The molecule has 0 aromatic heterocycles. The quantitative estimate of drug-likeness (QED) is 0.771. The number of rotatable bonds is 2. The van der Waals surface area contributed by atoms with Gasteiger partial charge >= 0.3 is 0 Å². The fourth-order valence-electron chi connectivity index (χ4n) is 1.61. The maximum atomic E-state index is 9.91. The third-order valence-corrected chi connectivity index (χ3v) is 3.11. The highest BCUT2D eigenvalue weighted by atomic mass is 35.5. The van der Waals surface area contributed by atoms with Crippen molar-refractivity contribution in [3.63, 3.8) is 0 Å². The standard InChI is InChI=1S/C11H13ClO/c1-7-9(3-2-4-10(7)12)11(13)8-5-6-8/h2-4,8,11,13H,5-6H2,1H3. The Hall–Kier alpha value is -0.530. The average Bonchev–Trinajstić information content (AvgIpc) is 2.91. The predicted molar refractivity (Wildman–Crippen MR) is 53.9 cm³/mol. The van der Waals surface area contributed by atoms with Gasteiger partial charge in [0.05, 0.1) is 6.10 Å². The molecule has 13 heavy (non-hydrogen) atoms. The predicted octanol–water partition coefficient (Wildman–Crippen LogP) is 3.09. The van der Waals surface area contributed by atoms with Crippen LogP contribution in [0.4, 0.5) is 0 Å². The first-order chi connectivity index (χ1) is 6.20. The summed E-state index contributed by atoms with van der Waals surface area (Å²) in [5.41, 5.74) is 2.01. The minimum absolute atomic E-state index is 0.307. The zero-order valence-corrected chi connectivity index (χ0v) is 8.38. The van der Waals surface area contributed by atoms with Gasteiger partial charge in [0.15, 0.2) is 0 Å². The Morgan fingerprint density at radius 2 is 2.15 bits per heavy atom. The van der Waals surface area contributed by atoms with Crippen LogP contribution in [0, 0.1) is 12.8 Å². The van der Waals surface area contributed by atoms with Crippen molar-refractivity contribution in [2.24, 2.45) is 5.92 Å². The summed E-state index contributed by atoms with van der Waals surface area (Å²) < 4.78 is 0. The number of hydrogen-bond donors (Lipinski definition) is 1. The van der Waals surface area contributed by atoms with Crippen LogP contribution in [0.1, 0.15) is 30.1 Å². The minimum atomic E-state index is -0.307. The van der Waals surface area contributed by atoms with Crippen molar-refractivity contribution in [3.05, 3.63) is 34.3 Å². The van der Waals surface area contributed by atoms with Gasteiger partial charge in [-0.15, -0.1) is 0 Å². The molecule has 1 fully saturated rings.